The first-order valence-electron chi connectivity index (χ1n) is 8.85. The van der Waals surface area contributed by atoms with Crippen molar-refractivity contribution in [2.45, 2.75) is 18.9 Å². The molecule has 6 heteroatoms. The van der Waals surface area contributed by atoms with Crippen molar-refractivity contribution in [3.8, 4) is 5.75 Å². The van der Waals surface area contributed by atoms with E-state index in [0.717, 1.165) is 23.7 Å². The molecule has 0 unspecified atom stereocenters. The Morgan fingerprint density at radius 2 is 1.85 bits per heavy atom. The van der Waals surface area contributed by atoms with Gasteiger partial charge >= 0.3 is 6.03 Å². The molecule has 26 heavy (non-hydrogen) atoms. The molecule has 2 aromatic rings. The topological polar surface area (TPSA) is 53.6 Å². The van der Waals surface area contributed by atoms with Crippen LogP contribution >= 0.6 is 11.6 Å². The third-order valence-electron chi connectivity index (χ3n) is 4.66. The van der Waals surface area contributed by atoms with Crippen molar-refractivity contribution in [1.82, 2.24) is 10.2 Å². The Kier molecular flexibility index (Phi) is 6.36. The second kappa shape index (κ2) is 8.92. The van der Waals surface area contributed by atoms with Gasteiger partial charge in [-0.2, -0.15) is 0 Å². The average Bonchev–Trinajstić information content (AvgIpc) is 3.18. The van der Waals surface area contributed by atoms with Crippen molar-refractivity contribution >= 4 is 23.3 Å². The maximum absolute atomic E-state index is 12.4. The van der Waals surface area contributed by atoms with Crippen molar-refractivity contribution in [1.29, 1.82) is 0 Å². The number of halogens is 1. The highest BCUT2D eigenvalue weighted by Crippen LogP contribution is 2.30. The highest BCUT2D eigenvalue weighted by Gasteiger charge is 2.25. The second-order valence-electron chi connectivity index (χ2n) is 6.32. The number of hydrogen-bond acceptors (Lipinski definition) is 3. The van der Waals surface area contributed by atoms with E-state index in [2.05, 4.69) is 15.5 Å². The molecule has 0 saturated carbocycles. The Balaban J connectivity index is 1.67. The molecule has 1 saturated heterocycles. The van der Waals surface area contributed by atoms with Gasteiger partial charge in [-0.05, 0) is 49.7 Å². The molecule has 2 N–H and O–H groups in total. The molecule has 0 aromatic heterocycles. The summed E-state index contributed by atoms with van der Waals surface area (Å²) in [5.74, 6) is 0.629. The van der Waals surface area contributed by atoms with E-state index in [1.54, 1.807) is 7.11 Å². The molecule has 0 radical (unpaired) electrons. The number of carbonyl (C=O) groups is 1. The predicted molar refractivity (Wildman–Crippen MR) is 105 cm³/mol. The lowest BCUT2D eigenvalue weighted by Gasteiger charge is -2.29. The molecular weight excluding hydrogens is 350 g/mol. The van der Waals surface area contributed by atoms with Gasteiger partial charge in [-0.25, -0.2) is 4.79 Å². The fourth-order valence-corrected chi connectivity index (χ4v) is 3.60. The Hall–Kier alpha value is -2.24. The summed E-state index contributed by atoms with van der Waals surface area (Å²) in [6.07, 6.45) is 2.35. The number of anilines is 1. The smallest absolute Gasteiger partial charge is 0.319 e. The van der Waals surface area contributed by atoms with Gasteiger partial charge in [0, 0.05) is 11.6 Å². The average molecular weight is 374 g/mol. The molecule has 3 rings (SSSR count). The van der Waals surface area contributed by atoms with Gasteiger partial charge in [-0.3, -0.25) is 4.90 Å². The normalized spacial score (nSPS) is 15.5. The number of urea groups is 1. The summed E-state index contributed by atoms with van der Waals surface area (Å²) in [7, 11) is 1.58. The quantitative estimate of drug-likeness (QED) is 0.793. The fourth-order valence-electron chi connectivity index (χ4n) is 3.34. The number of nitrogens with zero attached hydrogens (tertiary/aromatic N) is 1. The lowest BCUT2D eigenvalue weighted by molar-refractivity contribution is 0.227. The summed E-state index contributed by atoms with van der Waals surface area (Å²) in [5.41, 5.74) is 1.69. The predicted octanol–water partition coefficient (Wildman–Crippen LogP) is 4.31. The molecule has 0 spiro atoms. The van der Waals surface area contributed by atoms with E-state index >= 15 is 0 Å². The number of amides is 2. The SMILES string of the molecule is COc1ccccc1NC(=O)NC[C@H](c1ccccc1Cl)N1CCCC1. The molecule has 5 nitrogen and oxygen atoms in total. The Labute approximate surface area is 159 Å². The zero-order valence-corrected chi connectivity index (χ0v) is 15.6. The first kappa shape index (κ1) is 18.5. The largest absolute Gasteiger partial charge is 0.495 e. The number of hydrogen-bond donors (Lipinski definition) is 2. The third-order valence-corrected chi connectivity index (χ3v) is 5.00. The van der Waals surface area contributed by atoms with Gasteiger partial charge < -0.3 is 15.4 Å². The Bertz CT molecular complexity index is 747. The third kappa shape index (κ3) is 4.48. The van der Waals surface area contributed by atoms with E-state index in [4.69, 9.17) is 16.3 Å². The van der Waals surface area contributed by atoms with E-state index in [1.165, 1.54) is 12.8 Å². The summed E-state index contributed by atoms with van der Waals surface area (Å²) in [6.45, 7) is 2.53. The fraction of sp³-hybridized carbons (Fsp3) is 0.350. The van der Waals surface area contributed by atoms with Gasteiger partial charge in [0.15, 0.2) is 0 Å². The van der Waals surface area contributed by atoms with Crippen molar-refractivity contribution in [2.24, 2.45) is 0 Å². The lowest BCUT2D eigenvalue weighted by atomic mass is 10.1. The summed E-state index contributed by atoms with van der Waals surface area (Å²) in [4.78, 5) is 14.8. The summed E-state index contributed by atoms with van der Waals surface area (Å²) < 4.78 is 5.27. The molecule has 2 aromatic carbocycles. The summed E-state index contributed by atoms with van der Waals surface area (Å²) >= 11 is 6.41. The van der Waals surface area contributed by atoms with Crippen LogP contribution in [0.15, 0.2) is 48.5 Å². The van der Waals surface area contributed by atoms with Gasteiger partial charge in [0.05, 0.1) is 18.8 Å². The minimum atomic E-state index is -0.259. The molecule has 1 aliphatic heterocycles. The molecule has 0 aliphatic carbocycles. The number of benzene rings is 2. The van der Waals surface area contributed by atoms with Crippen LogP contribution in [0.3, 0.4) is 0 Å². The van der Waals surface area contributed by atoms with Crippen LogP contribution < -0.4 is 15.4 Å². The highest BCUT2D eigenvalue weighted by atomic mass is 35.5. The second-order valence-corrected chi connectivity index (χ2v) is 6.72. The molecule has 1 aliphatic rings. The van der Waals surface area contributed by atoms with E-state index < -0.39 is 0 Å². The molecule has 0 bridgehead atoms. The number of likely N-dealkylation sites (tertiary alicyclic amines) is 1. The minimum Gasteiger partial charge on any atom is -0.495 e. The Morgan fingerprint density at radius 3 is 2.58 bits per heavy atom. The van der Waals surface area contributed by atoms with E-state index in [0.29, 0.717) is 18.0 Å². The molecular formula is C20H24ClN3O2. The maximum Gasteiger partial charge on any atom is 0.319 e. The van der Waals surface area contributed by atoms with Gasteiger partial charge in [0.2, 0.25) is 0 Å². The lowest BCUT2D eigenvalue weighted by Crippen LogP contribution is -2.38. The van der Waals surface area contributed by atoms with E-state index in [-0.39, 0.29) is 12.1 Å². The zero-order valence-electron chi connectivity index (χ0n) is 14.9. The Morgan fingerprint density at radius 1 is 1.15 bits per heavy atom. The van der Waals surface area contributed by atoms with E-state index in [9.17, 15) is 4.79 Å². The van der Waals surface area contributed by atoms with Crippen LogP contribution in [0.2, 0.25) is 5.02 Å². The highest BCUT2D eigenvalue weighted by molar-refractivity contribution is 6.31. The number of rotatable bonds is 6. The van der Waals surface area contributed by atoms with Crippen molar-refractivity contribution in [3.63, 3.8) is 0 Å². The van der Waals surface area contributed by atoms with Gasteiger partial charge in [-0.15, -0.1) is 0 Å². The van der Waals surface area contributed by atoms with Crippen LogP contribution in [0.4, 0.5) is 10.5 Å². The van der Waals surface area contributed by atoms with Gasteiger partial charge in [0.25, 0.3) is 0 Å². The number of para-hydroxylation sites is 2. The number of methoxy groups -OCH3 is 1. The van der Waals surface area contributed by atoms with Gasteiger partial charge in [-0.1, -0.05) is 41.9 Å². The van der Waals surface area contributed by atoms with Crippen LogP contribution in [0, 0.1) is 0 Å². The number of carbonyl (C=O) groups excluding carboxylic acids is 1. The van der Waals surface area contributed by atoms with Gasteiger partial charge in [0.1, 0.15) is 5.75 Å². The summed E-state index contributed by atoms with van der Waals surface area (Å²) in [5, 5.41) is 6.56. The maximum atomic E-state index is 12.4. The van der Waals surface area contributed by atoms with Crippen LogP contribution in [0.1, 0.15) is 24.4 Å². The first-order chi connectivity index (χ1) is 12.7. The number of nitrogens with one attached hydrogen (secondary N) is 2. The minimum absolute atomic E-state index is 0.0645. The van der Waals surface area contributed by atoms with Crippen molar-refractivity contribution in [3.05, 3.63) is 59.1 Å². The number of ether oxygens (including phenoxy) is 1. The molecule has 1 fully saturated rings. The van der Waals surface area contributed by atoms with Crippen molar-refractivity contribution < 1.29 is 9.53 Å². The van der Waals surface area contributed by atoms with E-state index in [1.807, 2.05) is 48.5 Å². The van der Waals surface area contributed by atoms with Crippen molar-refractivity contribution in [2.75, 3.05) is 32.1 Å². The zero-order chi connectivity index (χ0) is 18.4. The van der Waals surface area contributed by atoms with Crippen LogP contribution in [0.25, 0.3) is 0 Å². The molecule has 138 valence electrons. The molecule has 2 amide bonds. The first-order valence-corrected chi connectivity index (χ1v) is 9.23. The monoisotopic (exact) mass is 373 g/mol. The van der Waals surface area contributed by atoms with Crippen LogP contribution in [-0.4, -0.2) is 37.7 Å². The summed E-state index contributed by atoms with van der Waals surface area (Å²) in [6, 6.07) is 15.0. The molecule has 1 atom stereocenters. The van der Waals surface area contributed by atoms with Crippen LogP contribution in [-0.2, 0) is 0 Å². The standard InChI is InChI=1S/C20H24ClN3O2/c1-26-19-11-5-4-10-17(19)23-20(25)22-14-18(24-12-6-7-13-24)15-8-2-3-9-16(15)21/h2-5,8-11,18H,6-7,12-14H2,1H3,(H2,22,23,25)/t18-/m1/s1. The molecule has 1 heterocycles. The van der Waals surface area contributed by atoms with Crippen LogP contribution in [0.5, 0.6) is 5.75 Å².